The number of carbonyl (C=O) groups excluding carboxylic acids is 1. The smallest absolute Gasteiger partial charge is 0.307 e. The van der Waals surface area contributed by atoms with Crippen LogP contribution >= 0.6 is 0 Å². The Morgan fingerprint density at radius 2 is 1.89 bits per heavy atom. The van der Waals surface area contributed by atoms with Gasteiger partial charge in [-0.2, -0.15) is 0 Å². The summed E-state index contributed by atoms with van der Waals surface area (Å²) < 4.78 is 21.4. The van der Waals surface area contributed by atoms with Crippen LogP contribution in [0.25, 0.3) is 0 Å². The van der Waals surface area contributed by atoms with E-state index in [0.717, 1.165) is 0 Å². The average Bonchev–Trinajstić information content (AvgIpc) is 2.58. The molecule has 0 bridgehead atoms. The number of aliphatic carboxylic acids is 1. The van der Waals surface area contributed by atoms with Crippen molar-refractivity contribution in [2.45, 2.75) is 19.8 Å². The molecular weight excluding hydrogens is 260 g/mol. The molecule has 8 heteroatoms. The third-order valence-electron chi connectivity index (χ3n) is 3.14. The van der Waals surface area contributed by atoms with Crippen LogP contribution in [0, 0.1) is 17.8 Å². The van der Waals surface area contributed by atoms with Crippen LogP contribution in [0.15, 0.2) is 0 Å². The minimum absolute atomic E-state index is 0.0884. The number of amides is 1. The van der Waals surface area contributed by atoms with Crippen LogP contribution in [-0.2, 0) is 19.6 Å². The van der Waals surface area contributed by atoms with E-state index in [-0.39, 0.29) is 18.2 Å². The topological polar surface area (TPSA) is 127 Å². The first-order valence-corrected chi connectivity index (χ1v) is 7.43. The maximum atomic E-state index is 11.8. The summed E-state index contributed by atoms with van der Waals surface area (Å²) in [5, 5.41) is 16.2. The molecule has 1 amide bonds. The molecule has 3 atom stereocenters. The third-order valence-corrected chi connectivity index (χ3v) is 3.91. The maximum absolute atomic E-state index is 11.8. The van der Waals surface area contributed by atoms with Gasteiger partial charge in [-0.1, -0.05) is 6.92 Å². The lowest BCUT2D eigenvalue weighted by Gasteiger charge is -2.15. The van der Waals surface area contributed by atoms with Gasteiger partial charge in [-0.05, 0) is 18.8 Å². The van der Waals surface area contributed by atoms with Crippen molar-refractivity contribution in [2.75, 3.05) is 12.3 Å². The second kappa shape index (κ2) is 5.66. The highest BCUT2D eigenvalue weighted by Gasteiger charge is 2.40. The van der Waals surface area contributed by atoms with Gasteiger partial charge in [0.25, 0.3) is 0 Å². The van der Waals surface area contributed by atoms with Crippen LogP contribution in [0.2, 0.25) is 0 Å². The van der Waals surface area contributed by atoms with E-state index in [1.807, 2.05) is 6.92 Å². The van der Waals surface area contributed by atoms with Crippen molar-refractivity contribution in [3.8, 4) is 0 Å². The lowest BCUT2D eigenvalue weighted by atomic mass is 9.95. The number of carboxylic acids is 1. The number of primary sulfonamides is 1. The highest BCUT2D eigenvalue weighted by Crippen LogP contribution is 2.36. The van der Waals surface area contributed by atoms with Gasteiger partial charge in [-0.15, -0.1) is 0 Å². The molecule has 1 saturated carbocycles. The summed E-state index contributed by atoms with van der Waals surface area (Å²) in [7, 11) is -3.61. The van der Waals surface area contributed by atoms with Crippen LogP contribution in [-0.4, -0.2) is 37.7 Å². The molecular formula is C10H18N2O5S. The third kappa shape index (κ3) is 4.26. The van der Waals surface area contributed by atoms with Crippen molar-refractivity contribution < 1.29 is 23.1 Å². The Hall–Kier alpha value is -1.15. The summed E-state index contributed by atoms with van der Waals surface area (Å²) in [5.41, 5.74) is 0. The predicted molar refractivity (Wildman–Crippen MR) is 64.0 cm³/mol. The molecule has 7 nitrogen and oxygen atoms in total. The fourth-order valence-corrected chi connectivity index (χ4v) is 2.69. The second-order valence-electron chi connectivity index (χ2n) is 4.79. The Labute approximate surface area is 106 Å². The van der Waals surface area contributed by atoms with Crippen LogP contribution < -0.4 is 10.5 Å². The summed E-state index contributed by atoms with van der Waals surface area (Å²) in [6, 6.07) is 0. The maximum Gasteiger partial charge on any atom is 0.307 e. The van der Waals surface area contributed by atoms with E-state index < -0.39 is 33.7 Å². The molecule has 18 heavy (non-hydrogen) atoms. The number of hydrogen-bond donors (Lipinski definition) is 3. The van der Waals surface area contributed by atoms with Gasteiger partial charge >= 0.3 is 5.97 Å². The standard InChI is InChI=1S/C10H18N2O5S/c1-6-4-7(8(5-6)10(14)15)9(13)12-2-3-18(11,16)17/h6-8H,2-5H2,1H3,(H,12,13)(H,14,15)(H2,11,16,17)/t6?,7-,8+/m0/s1. The quantitative estimate of drug-likeness (QED) is 0.603. The summed E-state index contributed by atoms with van der Waals surface area (Å²) >= 11 is 0. The zero-order valence-electron chi connectivity index (χ0n) is 10.1. The number of carbonyl (C=O) groups is 2. The minimum Gasteiger partial charge on any atom is -0.481 e. The van der Waals surface area contributed by atoms with Crippen molar-refractivity contribution in [2.24, 2.45) is 22.9 Å². The highest BCUT2D eigenvalue weighted by atomic mass is 32.2. The first kappa shape index (κ1) is 14.9. The number of nitrogens with two attached hydrogens (primary N) is 1. The molecule has 0 radical (unpaired) electrons. The van der Waals surface area contributed by atoms with E-state index >= 15 is 0 Å². The Kier molecular flexibility index (Phi) is 4.69. The van der Waals surface area contributed by atoms with Gasteiger partial charge in [0, 0.05) is 6.54 Å². The van der Waals surface area contributed by atoms with Gasteiger partial charge in [0.05, 0.1) is 17.6 Å². The van der Waals surface area contributed by atoms with Gasteiger partial charge < -0.3 is 10.4 Å². The summed E-state index contributed by atoms with van der Waals surface area (Å²) in [6.45, 7) is 1.81. The van der Waals surface area contributed by atoms with Crippen molar-refractivity contribution in [1.82, 2.24) is 5.32 Å². The van der Waals surface area contributed by atoms with Crippen molar-refractivity contribution >= 4 is 21.9 Å². The van der Waals surface area contributed by atoms with Crippen molar-refractivity contribution in [3.63, 3.8) is 0 Å². The molecule has 1 rings (SSSR count). The first-order valence-electron chi connectivity index (χ1n) is 5.71. The molecule has 4 N–H and O–H groups in total. The number of carboxylic acid groups (broad SMARTS) is 1. The van der Waals surface area contributed by atoms with Gasteiger partial charge in [0.15, 0.2) is 0 Å². The summed E-state index contributed by atoms with van der Waals surface area (Å²) in [4.78, 5) is 22.8. The highest BCUT2D eigenvalue weighted by molar-refractivity contribution is 7.89. The Balaban J connectivity index is 2.53. The Morgan fingerprint density at radius 1 is 1.33 bits per heavy atom. The Bertz CT molecular complexity index is 434. The number of rotatable bonds is 5. The zero-order chi connectivity index (χ0) is 13.9. The van der Waals surface area contributed by atoms with Gasteiger partial charge in [-0.25, -0.2) is 13.6 Å². The first-order chi connectivity index (χ1) is 8.20. The SMILES string of the molecule is CC1C[C@H](C(=O)NCCS(N)(=O)=O)[C@H](C(=O)O)C1. The van der Waals surface area contributed by atoms with Crippen LogP contribution in [0.4, 0.5) is 0 Å². The lowest BCUT2D eigenvalue weighted by Crippen LogP contribution is -2.38. The predicted octanol–water partition coefficient (Wildman–Crippen LogP) is -0.862. The van der Waals surface area contributed by atoms with Crippen LogP contribution in [0.1, 0.15) is 19.8 Å². The van der Waals surface area contributed by atoms with Crippen molar-refractivity contribution in [1.29, 1.82) is 0 Å². The second-order valence-corrected chi connectivity index (χ2v) is 6.52. The number of hydrogen-bond acceptors (Lipinski definition) is 4. The molecule has 0 aromatic heterocycles. The summed E-state index contributed by atoms with van der Waals surface area (Å²) in [6.07, 6.45) is 0.987. The van der Waals surface area contributed by atoms with Crippen LogP contribution in [0.3, 0.4) is 0 Å². The van der Waals surface area contributed by atoms with E-state index in [1.54, 1.807) is 0 Å². The lowest BCUT2D eigenvalue weighted by molar-refractivity contribution is -0.146. The normalized spacial score (nSPS) is 28.0. The minimum atomic E-state index is -3.61. The molecule has 0 saturated heterocycles. The summed E-state index contributed by atoms with van der Waals surface area (Å²) in [5.74, 6) is -2.83. The number of sulfonamides is 1. The molecule has 0 spiro atoms. The molecule has 0 heterocycles. The van der Waals surface area contributed by atoms with Gasteiger partial charge in [0.2, 0.25) is 15.9 Å². The van der Waals surface area contributed by atoms with E-state index in [4.69, 9.17) is 10.2 Å². The van der Waals surface area contributed by atoms with E-state index in [0.29, 0.717) is 12.8 Å². The average molecular weight is 278 g/mol. The van der Waals surface area contributed by atoms with Gasteiger partial charge in [0.1, 0.15) is 0 Å². The molecule has 104 valence electrons. The zero-order valence-corrected chi connectivity index (χ0v) is 10.9. The molecule has 0 aromatic rings. The molecule has 1 unspecified atom stereocenters. The largest absolute Gasteiger partial charge is 0.481 e. The molecule has 0 aliphatic heterocycles. The Morgan fingerprint density at radius 3 is 2.39 bits per heavy atom. The van der Waals surface area contributed by atoms with Crippen molar-refractivity contribution in [3.05, 3.63) is 0 Å². The fourth-order valence-electron chi connectivity index (χ4n) is 2.30. The molecule has 0 aromatic carbocycles. The van der Waals surface area contributed by atoms with E-state index in [9.17, 15) is 18.0 Å². The molecule has 1 fully saturated rings. The van der Waals surface area contributed by atoms with Crippen LogP contribution in [0.5, 0.6) is 0 Å². The number of nitrogens with one attached hydrogen (secondary N) is 1. The fraction of sp³-hybridized carbons (Fsp3) is 0.800. The van der Waals surface area contributed by atoms with E-state index in [2.05, 4.69) is 5.32 Å². The van der Waals surface area contributed by atoms with Gasteiger partial charge in [-0.3, -0.25) is 9.59 Å². The molecule has 1 aliphatic rings. The molecule has 1 aliphatic carbocycles. The van der Waals surface area contributed by atoms with E-state index in [1.165, 1.54) is 0 Å². The monoisotopic (exact) mass is 278 g/mol.